The molecule has 7 heteroatoms. The molecular formula is C23H22ClNO5. The zero-order chi connectivity index (χ0) is 22.0. The number of amides is 1. The average Bonchev–Trinajstić information content (AvgIpc) is 2.97. The molecule has 0 unspecified atom stereocenters. The van der Waals surface area contributed by atoms with Gasteiger partial charge in [-0.2, -0.15) is 0 Å². The maximum atomic E-state index is 12.8. The van der Waals surface area contributed by atoms with Crippen LogP contribution in [0.1, 0.15) is 48.9 Å². The molecule has 2 aromatic carbocycles. The molecule has 2 aromatic rings. The van der Waals surface area contributed by atoms with E-state index >= 15 is 0 Å². The summed E-state index contributed by atoms with van der Waals surface area (Å²) < 4.78 is 0. The number of carbonyl (C=O) groups excluding carboxylic acids is 2. The number of hydrogen-bond acceptors (Lipinski definition) is 4. The quantitative estimate of drug-likeness (QED) is 0.405. The van der Waals surface area contributed by atoms with Crippen molar-refractivity contribution < 1.29 is 24.6 Å². The van der Waals surface area contributed by atoms with Gasteiger partial charge in [0.15, 0.2) is 0 Å². The van der Waals surface area contributed by atoms with Crippen molar-refractivity contribution in [3.63, 3.8) is 0 Å². The molecule has 0 bridgehead atoms. The maximum absolute atomic E-state index is 12.8. The predicted molar refractivity (Wildman–Crippen MR) is 113 cm³/mol. The molecule has 0 spiro atoms. The number of ketones is 1. The third-order valence-corrected chi connectivity index (χ3v) is 5.40. The van der Waals surface area contributed by atoms with E-state index in [1.807, 2.05) is 12.1 Å². The van der Waals surface area contributed by atoms with Crippen molar-refractivity contribution >= 4 is 35.0 Å². The van der Waals surface area contributed by atoms with Crippen molar-refractivity contribution in [2.45, 2.75) is 32.2 Å². The average molecular weight is 428 g/mol. The highest BCUT2D eigenvalue weighted by molar-refractivity contribution is 6.46. The van der Waals surface area contributed by atoms with E-state index in [1.54, 1.807) is 36.4 Å². The summed E-state index contributed by atoms with van der Waals surface area (Å²) in [5, 5.41) is 20.4. The first-order valence-electron chi connectivity index (χ1n) is 9.56. The van der Waals surface area contributed by atoms with Crippen molar-refractivity contribution in [1.29, 1.82) is 0 Å². The molecular weight excluding hydrogens is 406 g/mol. The van der Waals surface area contributed by atoms with Gasteiger partial charge >= 0.3 is 5.97 Å². The number of carbonyl (C=O) groups is 3. The molecule has 156 valence electrons. The number of nitrogens with zero attached hydrogens (tertiary/aromatic N) is 1. The van der Waals surface area contributed by atoms with Crippen LogP contribution in [-0.4, -0.2) is 39.3 Å². The van der Waals surface area contributed by atoms with Crippen LogP contribution in [0, 0.1) is 0 Å². The van der Waals surface area contributed by atoms with E-state index in [4.69, 9.17) is 16.7 Å². The van der Waals surface area contributed by atoms with Gasteiger partial charge in [0.05, 0.1) is 18.0 Å². The number of aliphatic carboxylic acids is 1. The molecule has 0 saturated carbocycles. The normalized spacial score (nSPS) is 18.3. The predicted octanol–water partition coefficient (Wildman–Crippen LogP) is 4.36. The summed E-state index contributed by atoms with van der Waals surface area (Å²) in [5.74, 6) is -2.77. The number of halogens is 1. The van der Waals surface area contributed by atoms with Crippen LogP contribution in [0.2, 0.25) is 5.02 Å². The van der Waals surface area contributed by atoms with Gasteiger partial charge < -0.3 is 15.1 Å². The molecule has 0 radical (unpaired) electrons. The van der Waals surface area contributed by atoms with E-state index in [0.717, 1.165) is 5.56 Å². The Bertz CT molecular complexity index is 1010. The topological polar surface area (TPSA) is 94.9 Å². The smallest absolute Gasteiger partial charge is 0.305 e. The SMILES string of the molecule is CC(C)c1ccc([C@H]2/C(=C(\O)c3ccc(Cl)cc3)C(=O)C(=O)N2CCC(=O)O)cc1. The Kier molecular flexibility index (Phi) is 6.27. The minimum atomic E-state index is -1.08. The van der Waals surface area contributed by atoms with E-state index < -0.39 is 23.7 Å². The standard InChI is InChI=1S/C23H22ClNO5/c1-13(2)14-3-5-15(6-4-14)20-19(21(28)16-7-9-17(24)10-8-16)22(29)23(30)25(20)12-11-18(26)27/h3-10,13,20,28H,11-12H2,1-2H3,(H,26,27)/b21-19+/t20-/m0/s1. The van der Waals surface area contributed by atoms with Crippen molar-refractivity contribution in [2.75, 3.05) is 6.54 Å². The maximum Gasteiger partial charge on any atom is 0.305 e. The van der Waals surface area contributed by atoms with Gasteiger partial charge in [0.1, 0.15) is 5.76 Å². The van der Waals surface area contributed by atoms with Crippen molar-refractivity contribution in [3.05, 3.63) is 75.8 Å². The third-order valence-electron chi connectivity index (χ3n) is 5.14. The minimum Gasteiger partial charge on any atom is -0.507 e. The Balaban J connectivity index is 2.13. The van der Waals surface area contributed by atoms with Gasteiger partial charge in [-0.05, 0) is 41.3 Å². The summed E-state index contributed by atoms with van der Waals surface area (Å²) >= 11 is 5.90. The molecule has 1 atom stereocenters. The molecule has 1 saturated heterocycles. The fraction of sp³-hybridized carbons (Fsp3) is 0.261. The lowest BCUT2D eigenvalue weighted by molar-refractivity contribution is -0.142. The van der Waals surface area contributed by atoms with E-state index in [-0.39, 0.29) is 24.3 Å². The number of aliphatic hydroxyl groups excluding tert-OH is 1. The molecule has 0 aliphatic carbocycles. The van der Waals surface area contributed by atoms with Gasteiger partial charge in [0.2, 0.25) is 0 Å². The van der Waals surface area contributed by atoms with E-state index in [9.17, 15) is 19.5 Å². The van der Waals surface area contributed by atoms with Gasteiger partial charge in [-0.15, -0.1) is 0 Å². The molecule has 2 N–H and O–H groups in total. The zero-order valence-electron chi connectivity index (χ0n) is 16.6. The number of rotatable bonds is 6. The van der Waals surface area contributed by atoms with Crippen LogP contribution < -0.4 is 0 Å². The lowest BCUT2D eigenvalue weighted by Gasteiger charge is -2.25. The van der Waals surface area contributed by atoms with Crippen LogP contribution in [0.15, 0.2) is 54.1 Å². The third kappa shape index (κ3) is 4.24. The summed E-state index contributed by atoms with van der Waals surface area (Å²) in [6.45, 7) is 3.96. The summed E-state index contributed by atoms with van der Waals surface area (Å²) in [7, 11) is 0. The monoisotopic (exact) mass is 427 g/mol. The number of aliphatic hydroxyl groups is 1. The Hall–Kier alpha value is -3.12. The summed E-state index contributed by atoms with van der Waals surface area (Å²) in [5.41, 5.74) is 1.99. The van der Waals surface area contributed by atoms with E-state index in [2.05, 4.69) is 13.8 Å². The molecule has 6 nitrogen and oxygen atoms in total. The summed E-state index contributed by atoms with van der Waals surface area (Å²) in [6.07, 6.45) is -0.311. The molecule has 0 aromatic heterocycles. The number of likely N-dealkylation sites (tertiary alicyclic amines) is 1. The molecule has 3 rings (SSSR count). The van der Waals surface area contributed by atoms with Crippen LogP contribution in [0.3, 0.4) is 0 Å². The van der Waals surface area contributed by atoms with Crippen LogP contribution in [0.4, 0.5) is 0 Å². The highest BCUT2D eigenvalue weighted by Gasteiger charge is 2.46. The van der Waals surface area contributed by atoms with Crippen LogP contribution >= 0.6 is 11.6 Å². The number of Topliss-reactive ketones (excluding diaryl/α,β-unsaturated/α-hetero) is 1. The first-order chi connectivity index (χ1) is 14.2. The molecule has 1 aliphatic rings. The van der Waals surface area contributed by atoms with Gasteiger partial charge in [-0.25, -0.2) is 0 Å². The minimum absolute atomic E-state index is 0.0648. The van der Waals surface area contributed by atoms with Crippen LogP contribution in [-0.2, 0) is 14.4 Å². The summed E-state index contributed by atoms with van der Waals surface area (Å²) in [4.78, 5) is 37.8. The Morgan fingerprint density at radius 2 is 1.63 bits per heavy atom. The molecule has 1 aliphatic heterocycles. The number of carboxylic acids is 1. The van der Waals surface area contributed by atoms with Crippen molar-refractivity contribution in [3.8, 4) is 0 Å². The highest BCUT2D eigenvalue weighted by Crippen LogP contribution is 2.39. The molecule has 1 heterocycles. The van der Waals surface area contributed by atoms with Crippen LogP contribution in [0.5, 0.6) is 0 Å². The fourth-order valence-electron chi connectivity index (χ4n) is 3.50. The lowest BCUT2D eigenvalue weighted by atomic mass is 9.93. The zero-order valence-corrected chi connectivity index (χ0v) is 17.4. The Morgan fingerprint density at radius 1 is 1.03 bits per heavy atom. The van der Waals surface area contributed by atoms with Gasteiger partial charge in [0, 0.05) is 17.1 Å². The second-order valence-electron chi connectivity index (χ2n) is 7.46. The summed E-state index contributed by atoms with van der Waals surface area (Å²) in [6, 6.07) is 12.8. The molecule has 1 amide bonds. The van der Waals surface area contributed by atoms with Gasteiger partial charge in [-0.1, -0.05) is 49.7 Å². The van der Waals surface area contributed by atoms with E-state index in [0.29, 0.717) is 22.1 Å². The first-order valence-corrected chi connectivity index (χ1v) is 9.94. The fourth-order valence-corrected chi connectivity index (χ4v) is 3.63. The Morgan fingerprint density at radius 3 is 2.17 bits per heavy atom. The first kappa shape index (κ1) is 21.6. The van der Waals surface area contributed by atoms with E-state index in [1.165, 1.54) is 4.90 Å². The molecule has 30 heavy (non-hydrogen) atoms. The number of benzene rings is 2. The van der Waals surface area contributed by atoms with Crippen molar-refractivity contribution in [1.82, 2.24) is 4.90 Å². The largest absolute Gasteiger partial charge is 0.507 e. The number of hydrogen-bond donors (Lipinski definition) is 2. The number of carboxylic acid groups (broad SMARTS) is 1. The second-order valence-corrected chi connectivity index (χ2v) is 7.90. The highest BCUT2D eigenvalue weighted by atomic mass is 35.5. The van der Waals surface area contributed by atoms with Crippen LogP contribution in [0.25, 0.3) is 5.76 Å². The Labute approximate surface area is 179 Å². The lowest BCUT2D eigenvalue weighted by Crippen LogP contribution is -2.31. The van der Waals surface area contributed by atoms with Gasteiger partial charge in [0.25, 0.3) is 11.7 Å². The molecule has 1 fully saturated rings. The second kappa shape index (κ2) is 8.71. The van der Waals surface area contributed by atoms with Gasteiger partial charge in [-0.3, -0.25) is 14.4 Å². The van der Waals surface area contributed by atoms with Crippen molar-refractivity contribution in [2.24, 2.45) is 0 Å².